The maximum absolute atomic E-state index is 11.2. The lowest BCUT2D eigenvalue weighted by Gasteiger charge is -2.02. The van der Waals surface area contributed by atoms with Crippen molar-refractivity contribution in [3.8, 4) is 0 Å². The number of aromatic nitrogens is 3. The molecule has 1 aromatic carbocycles. The first-order valence-corrected chi connectivity index (χ1v) is 7.77. The number of thiazole rings is 1. The van der Waals surface area contributed by atoms with Crippen LogP contribution in [0.4, 0.5) is 5.69 Å². The lowest BCUT2D eigenvalue weighted by molar-refractivity contribution is -0.389. The van der Waals surface area contributed by atoms with E-state index < -0.39 is 4.92 Å². The zero-order valence-corrected chi connectivity index (χ0v) is 13.0. The summed E-state index contributed by atoms with van der Waals surface area (Å²) in [5.74, 6) is 0. The second-order valence-electron chi connectivity index (χ2n) is 4.04. The zero-order valence-electron chi connectivity index (χ0n) is 10.6. The van der Waals surface area contributed by atoms with Crippen LogP contribution in [0.15, 0.2) is 33.6 Å². The van der Waals surface area contributed by atoms with Crippen molar-refractivity contribution in [2.45, 2.75) is 16.3 Å². The maximum Gasteiger partial charge on any atom is 0.322 e. The van der Waals surface area contributed by atoms with Crippen molar-refractivity contribution in [1.82, 2.24) is 15.0 Å². The van der Waals surface area contributed by atoms with Crippen LogP contribution in [0.5, 0.6) is 0 Å². The van der Waals surface area contributed by atoms with E-state index in [9.17, 15) is 10.1 Å². The topological polar surface area (TPSA) is 81.8 Å². The minimum atomic E-state index is -0.499. The fourth-order valence-electron chi connectivity index (χ4n) is 1.77. The van der Waals surface area contributed by atoms with Gasteiger partial charge in [0.15, 0.2) is 9.37 Å². The molecule has 3 aromatic rings. The monoisotopic (exact) mass is 338 g/mol. The Morgan fingerprint density at radius 1 is 1.29 bits per heavy atom. The van der Waals surface area contributed by atoms with E-state index in [1.165, 1.54) is 18.3 Å². The Morgan fingerprint density at radius 3 is 2.76 bits per heavy atom. The van der Waals surface area contributed by atoms with E-state index >= 15 is 0 Å². The van der Waals surface area contributed by atoms with Gasteiger partial charge in [0.2, 0.25) is 5.28 Å². The molecule has 0 saturated carbocycles. The van der Waals surface area contributed by atoms with Crippen molar-refractivity contribution in [3.63, 3.8) is 0 Å². The van der Waals surface area contributed by atoms with Crippen molar-refractivity contribution < 1.29 is 4.92 Å². The summed E-state index contributed by atoms with van der Waals surface area (Å²) in [5, 5.41) is 11.4. The van der Waals surface area contributed by atoms with Crippen molar-refractivity contribution in [3.05, 3.63) is 45.4 Å². The molecule has 0 amide bonds. The molecule has 3 rings (SSSR count). The molecule has 0 saturated heterocycles. The van der Waals surface area contributed by atoms with Crippen molar-refractivity contribution in [2.75, 3.05) is 0 Å². The molecule has 21 heavy (non-hydrogen) atoms. The summed E-state index contributed by atoms with van der Waals surface area (Å²) in [5.41, 5.74) is 0.955. The van der Waals surface area contributed by atoms with Gasteiger partial charge in [-0.1, -0.05) is 12.1 Å². The molecule has 0 bridgehead atoms. The molecular formula is C12H7ClN4O2S2. The summed E-state index contributed by atoms with van der Waals surface area (Å²) in [6.07, 6.45) is 0. The van der Waals surface area contributed by atoms with Gasteiger partial charge in [-0.15, -0.1) is 11.3 Å². The fraction of sp³-hybridized carbons (Fsp3) is 0.0833. The number of nitro groups is 1. The number of hydrogen-bond acceptors (Lipinski definition) is 7. The molecule has 0 atom stereocenters. The fourth-order valence-corrected chi connectivity index (χ4v) is 4.16. The van der Waals surface area contributed by atoms with Gasteiger partial charge in [0, 0.05) is 0 Å². The van der Waals surface area contributed by atoms with E-state index in [2.05, 4.69) is 15.0 Å². The standard InChI is InChI=1S/C12H7ClN4O2S2/c1-6-9(17(18)19)10(16-11(13)14-6)21-12-15-7-4-2-3-5-8(7)20-12/h2-5H,1H3. The molecule has 0 fully saturated rings. The Hall–Kier alpha value is -1.77. The Bertz CT molecular complexity index is 819. The van der Waals surface area contributed by atoms with E-state index in [0.29, 0.717) is 4.34 Å². The minimum Gasteiger partial charge on any atom is -0.258 e. The van der Waals surface area contributed by atoms with Crippen LogP contribution in [0.25, 0.3) is 10.2 Å². The van der Waals surface area contributed by atoms with Gasteiger partial charge in [-0.05, 0) is 42.4 Å². The second kappa shape index (κ2) is 5.55. The zero-order chi connectivity index (χ0) is 15.0. The number of hydrogen-bond donors (Lipinski definition) is 0. The molecule has 0 radical (unpaired) electrons. The third-order valence-corrected chi connectivity index (χ3v) is 4.88. The highest BCUT2D eigenvalue weighted by atomic mass is 35.5. The van der Waals surface area contributed by atoms with Crippen LogP contribution in [-0.4, -0.2) is 19.9 Å². The van der Waals surface area contributed by atoms with Gasteiger partial charge in [-0.3, -0.25) is 10.1 Å². The minimum absolute atomic E-state index is 0.0123. The van der Waals surface area contributed by atoms with Gasteiger partial charge >= 0.3 is 5.69 Å². The first-order chi connectivity index (χ1) is 10.0. The summed E-state index contributed by atoms with van der Waals surface area (Å²) in [6.45, 7) is 1.54. The van der Waals surface area contributed by atoms with Crippen LogP contribution < -0.4 is 0 Å². The maximum atomic E-state index is 11.2. The van der Waals surface area contributed by atoms with Crippen molar-refractivity contribution >= 4 is 50.6 Å². The molecule has 0 aliphatic rings. The molecule has 106 valence electrons. The molecular weight excluding hydrogens is 332 g/mol. The number of halogens is 1. The Kier molecular flexibility index (Phi) is 3.75. The van der Waals surface area contributed by atoms with Gasteiger partial charge in [-0.2, -0.15) is 0 Å². The average molecular weight is 339 g/mol. The van der Waals surface area contributed by atoms with Crippen LogP contribution in [0.1, 0.15) is 5.69 Å². The molecule has 9 heteroatoms. The van der Waals surface area contributed by atoms with E-state index in [1.54, 1.807) is 0 Å². The highest BCUT2D eigenvalue weighted by Gasteiger charge is 2.23. The number of rotatable bonds is 3. The van der Waals surface area contributed by atoms with Gasteiger partial charge in [0.25, 0.3) is 0 Å². The predicted molar refractivity (Wildman–Crippen MR) is 82.2 cm³/mol. The predicted octanol–water partition coefficient (Wildman–Crippen LogP) is 4.11. The second-order valence-corrected chi connectivity index (χ2v) is 6.64. The number of benzene rings is 1. The van der Waals surface area contributed by atoms with Crippen LogP contribution in [0.2, 0.25) is 5.28 Å². The Morgan fingerprint density at radius 2 is 2.05 bits per heavy atom. The number of fused-ring (bicyclic) bond motifs is 1. The largest absolute Gasteiger partial charge is 0.322 e. The summed E-state index contributed by atoms with van der Waals surface area (Å²) < 4.78 is 1.69. The molecule has 0 aliphatic carbocycles. The molecule has 6 nitrogen and oxygen atoms in total. The molecule has 0 spiro atoms. The summed E-state index contributed by atoms with van der Waals surface area (Å²) >= 11 is 8.37. The third kappa shape index (κ3) is 2.82. The third-order valence-electron chi connectivity index (χ3n) is 2.64. The van der Waals surface area contributed by atoms with E-state index in [1.807, 2.05) is 24.3 Å². The lowest BCUT2D eigenvalue weighted by Crippen LogP contribution is -2.00. The summed E-state index contributed by atoms with van der Waals surface area (Å²) in [7, 11) is 0. The number of para-hydroxylation sites is 1. The normalized spacial score (nSPS) is 11.0. The summed E-state index contributed by atoms with van der Waals surface area (Å²) in [6, 6.07) is 7.65. The molecule has 0 unspecified atom stereocenters. The van der Waals surface area contributed by atoms with Gasteiger partial charge in [0.05, 0.1) is 15.1 Å². The summed E-state index contributed by atoms with van der Waals surface area (Å²) in [4.78, 5) is 22.9. The molecule has 0 N–H and O–H groups in total. The van der Waals surface area contributed by atoms with Crippen LogP contribution in [0.3, 0.4) is 0 Å². The van der Waals surface area contributed by atoms with Crippen LogP contribution >= 0.6 is 34.7 Å². The van der Waals surface area contributed by atoms with Gasteiger partial charge in [0.1, 0.15) is 5.69 Å². The number of aryl methyl sites for hydroxylation is 1. The Labute approximate surface area is 132 Å². The van der Waals surface area contributed by atoms with E-state index in [-0.39, 0.29) is 21.7 Å². The Balaban J connectivity index is 2.06. The van der Waals surface area contributed by atoms with Gasteiger partial charge in [-0.25, -0.2) is 15.0 Å². The smallest absolute Gasteiger partial charge is 0.258 e. The molecule has 2 heterocycles. The van der Waals surface area contributed by atoms with Crippen LogP contribution in [0, 0.1) is 17.0 Å². The SMILES string of the molecule is Cc1nc(Cl)nc(Sc2nc3ccccc3s2)c1[N+](=O)[O-]. The van der Waals surface area contributed by atoms with E-state index in [4.69, 9.17) is 11.6 Å². The van der Waals surface area contributed by atoms with Crippen LogP contribution in [-0.2, 0) is 0 Å². The van der Waals surface area contributed by atoms with Gasteiger partial charge < -0.3 is 0 Å². The molecule has 2 aromatic heterocycles. The first kappa shape index (κ1) is 14.2. The number of nitrogens with zero attached hydrogens (tertiary/aromatic N) is 4. The molecule has 0 aliphatic heterocycles. The first-order valence-electron chi connectivity index (χ1n) is 5.76. The highest BCUT2D eigenvalue weighted by Crippen LogP contribution is 2.38. The van der Waals surface area contributed by atoms with E-state index in [0.717, 1.165) is 22.0 Å². The quantitative estimate of drug-likeness (QED) is 0.309. The average Bonchev–Trinajstić information content (AvgIpc) is 2.79. The highest BCUT2D eigenvalue weighted by molar-refractivity contribution is 8.01. The lowest BCUT2D eigenvalue weighted by atomic mass is 10.3. The van der Waals surface area contributed by atoms with Crippen molar-refractivity contribution in [2.24, 2.45) is 0 Å². The van der Waals surface area contributed by atoms with Crippen molar-refractivity contribution in [1.29, 1.82) is 0 Å².